The average molecular weight is 293 g/mol. The highest BCUT2D eigenvalue weighted by Crippen LogP contribution is 2.13. The lowest BCUT2D eigenvalue weighted by atomic mass is 10.2. The van der Waals surface area contributed by atoms with Crippen molar-refractivity contribution in [2.45, 2.75) is 31.7 Å². The number of rotatable bonds is 6. The fourth-order valence-corrected chi connectivity index (χ4v) is 4.10. The molecule has 2 saturated heterocycles. The summed E-state index contributed by atoms with van der Waals surface area (Å²) in [6.45, 7) is 8.81. The Kier molecular flexibility index (Phi) is 5.48. The van der Waals surface area contributed by atoms with Crippen molar-refractivity contribution < 1.29 is 0 Å². The first-order valence-corrected chi connectivity index (χ1v) is 8.98. The molecular formula is C16H27N3S. The van der Waals surface area contributed by atoms with Gasteiger partial charge in [-0.15, -0.1) is 11.3 Å². The van der Waals surface area contributed by atoms with Gasteiger partial charge in [0.15, 0.2) is 0 Å². The predicted octanol–water partition coefficient (Wildman–Crippen LogP) is 2.05. The second kappa shape index (κ2) is 7.55. The Bertz CT molecular complexity index is 365. The molecule has 2 aliphatic heterocycles. The number of nitrogens with one attached hydrogen (secondary N) is 1. The van der Waals surface area contributed by atoms with E-state index in [1.165, 1.54) is 76.4 Å². The third-order valence-electron chi connectivity index (χ3n) is 4.58. The van der Waals surface area contributed by atoms with Gasteiger partial charge in [0.2, 0.25) is 0 Å². The van der Waals surface area contributed by atoms with Gasteiger partial charge in [0, 0.05) is 43.6 Å². The van der Waals surface area contributed by atoms with Gasteiger partial charge in [-0.25, -0.2) is 0 Å². The molecule has 20 heavy (non-hydrogen) atoms. The zero-order valence-electron chi connectivity index (χ0n) is 12.4. The van der Waals surface area contributed by atoms with E-state index in [1.807, 2.05) is 11.3 Å². The molecule has 0 aromatic carbocycles. The molecule has 0 bridgehead atoms. The largest absolute Gasteiger partial charge is 0.313 e. The first-order chi connectivity index (χ1) is 9.90. The normalized spacial score (nSPS) is 25.3. The minimum atomic E-state index is 0.764. The van der Waals surface area contributed by atoms with E-state index in [1.54, 1.807) is 0 Å². The Balaban J connectivity index is 1.29. The smallest absolute Gasteiger partial charge is 0.0195 e. The molecule has 0 saturated carbocycles. The minimum Gasteiger partial charge on any atom is -0.313 e. The summed E-state index contributed by atoms with van der Waals surface area (Å²) in [5.74, 6) is 0. The predicted molar refractivity (Wildman–Crippen MR) is 86.5 cm³/mol. The molecule has 112 valence electrons. The maximum atomic E-state index is 3.61. The highest BCUT2D eigenvalue weighted by Gasteiger charge is 2.21. The Morgan fingerprint density at radius 1 is 1.20 bits per heavy atom. The molecule has 0 amide bonds. The van der Waals surface area contributed by atoms with Gasteiger partial charge in [0.05, 0.1) is 0 Å². The molecule has 4 heteroatoms. The highest BCUT2D eigenvalue weighted by molar-refractivity contribution is 7.09. The third kappa shape index (κ3) is 4.29. The van der Waals surface area contributed by atoms with Crippen molar-refractivity contribution in [1.29, 1.82) is 0 Å². The number of aryl methyl sites for hydroxylation is 1. The topological polar surface area (TPSA) is 18.5 Å². The van der Waals surface area contributed by atoms with Gasteiger partial charge in [-0.05, 0) is 50.2 Å². The zero-order valence-corrected chi connectivity index (χ0v) is 13.2. The van der Waals surface area contributed by atoms with E-state index < -0.39 is 0 Å². The monoisotopic (exact) mass is 293 g/mol. The van der Waals surface area contributed by atoms with Crippen LogP contribution < -0.4 is 5.32 Å². The maximum absolute atomic E-state index is 3.61. The van der Waals surface area contributed by atoms with Gasteiger partial charge < -0.3 is 10.2 Å². The first-order valence-electron chi connectivity index (χ1n) is 8.10. The Hall–Kier alpha value is -0.420. The second-order valence-electron chi connectivity index (χ2n) is 6.12. The maximum Gasteiger partial charge on any atom is 0.0195 e. The standard InChI is InChI=1S/C16H27N3S/c1-4-15(17-7-1)14-19-11-9-18(10-12-19)8-2-5-16-6-3-13-20-16/h3,6,13,15,17H,1-2,4-5,7-12,14H2. The van der Waals surface area contributed by atoms with Crippen molar-refractivity contribution in [2.24, 2.45) is 0 Å². The number of hydrogen-bond acceptors (Lipinski definition) is 4. The van der Waals surface area contributed by atoms with E-state index in [-0.39, 0.29) is 0 Å². The number of nitrogens with zero attached hydrogens (tertiary/aromatic N) is 2. The molecule has 0 spiro atoms. The van der Waals surface area contributed by atoms with Crippen molar-refractivity contribution in [3.63, 3.8) is 0 Å². The van der Waals surface area contributed by atoms with Crippen LogP contribution in [0, 0.1) is 0 Å². The molecule has 1 unspecified atom stereocenters. The lowest BCUT2D eigenvalue weighted by Crippen LogP contribution is -2.49. The summed E-state index contributed by atoms with van der Waals surface area (Å²) >= 11 is 1.89. The van der Waals surface area contributed by atoms with Crippen LogP contribution in [0.3, 0.4) is 0 Å². The Morgan fingerprint density at radius 2 is 2.05 bits per heavy atom. The molecule has 0 radical (unpaired) electrons. The lowest BCUT2D eigenvalue weighted by Gasteiger charge is -2.35. The SMILES string of the molecule is c1csc(CCCN2CCN(CC3CCCN3)CC2)c1. The molecule has 3 heterocycles. The molecule has 2 fully saturated rings. The summed E-state index contributed by atoms with van der Waals surface area (Å²) in [6, 6.07) is 5.19. The first kappa shape index (κ1) is 14.5. The minimum absolute atomic E-state index is 0.764. The molecule has 0 aliphatic carbocycles. The van der Waals surface area contributed by atoms with Crippen LogP contribution in [-0.4, -0.2) is 61.7 Å². The number of hydrogen-bond donors (Lipinski definition) is 1. The van der Waals surface area contributed by atoms with Crippen molar-refractivity contribution in [3.05, 3.63) is 22.4 Å². The van der Waals surface area contributed by atoms with Crippen molar-refractivity contribution in [1.82, 2.24) is 15.1 Å². The summed E-state index contributed by atoms with van der Waals surface area (Å²) in [6.07, 6.45) is 5.31. The molecule has 3 nitrogen and oxygen atoms in total. The molecule has 1 atom stereocenters. The van der Waals surface area contributed by atoms with Crippen LogP contribution in [0.4, 0.5) is 0 Å². The Labute approximate surface area is 127 Å². The van der Waals surface area contributed by atoms with E-state index in [4.69, 9.17) is 0 Å². The number of thiophene rings is 1. The van der Waals surface area contributed by atoms with Gasteiger partial charge in [-0.1, -0.05) is 6.07 Å². The van der Waals surface area contributed by atoms with Crippen LogP contribution in [0.2, 0.25) is 0 Å². The summed E-state index contributed by atoms with van der Waals surface area (Å²) in [5, 5.41) is 5.80. The molecule has 2 aliphatic rings. The quantitative estimate of drug-likeness (QED) is 0.866. The van der Waals surface area contributed by atoms with Crippen LogP contribution in [0.25, 0.3) is 0 Å². The second-order valence-corrected chi connectivity index (χ2v) is 7.15. The van der Waals surface area contributed by atoms with Crippen LogP contribution in [0.15, 0.2) is 17.5 Å². The summed E-state index contributed by atoms with van der Waals surface area (Å²) in [4.78, 5) is 6.83. The van der Waals surface area contributed by atoms with E-state index >= 15 is 0 Å². The molecular weight excluding hydrogens is 266 g/mol. The van der Waals surface area contributed by atoms with Gasteiger partial charge >= 0.3 is 0 Å². The van der Waals surface area contributed by atoms with Crippen molar-refractivity contribution in [2.75, 3.05) is 45.8 Å². The van der Waals surface area contributed by atoms with Gasteiger partial charge in [0.1, 0.15) is 0 Å². The average Bonchev–Trinajstić information content (AvgIpc) is 3.14. The fraction of sp³-hybridized carbons (Fsp3) is 0.750. The third-order valence-corrected chi connectivity index (χ3v) is 5.52. The molecule has 1 N–H and O–H groups in total. The summed E-state index contributed by atoms with van der Waals surface area (Å²) in [5.41, 5.74) is 0. The number of piperazine rings is 1. The summed E-state index contributed by atoms with van der Waals surface area (Å²) < 4.78 is 0. The zero-order chi connectivity index (χ0) is 13.6. The van der Waals surface area contributed by atoms with Gasteiger partial charge in [0.25, 0.3) is 0 Å². The van der Waals surface area contributed by atoms with Crippen LogP contribution >= 0.6 is 11.3 Å². The Morgan fingerprint density at radius 3 is 2.75 bits per heavy atom. The van der Waals surface area contributed by atoms with Crippen LogP contribution in [0.1, 0.15) is 24.1 Å². The van der Waals surface area contributed by atoms with E-state index in [2.05, 4.69) is 32.6 Å². The van der Waals surface area contributed by atoms with Crippen molar-refractivity contribution >= 4 is 11.3 Å². The van der Waals surface area contributed by atoms with Crippen molar-refractivity contribution in [3.8, 4) is 0 Å². The van der Waals surface area contributed by atoms with Gasteiger partial charge in [-0.2, -0.15) is 0 Å². The van der Waals surface area contributed by atoms with E-state index in [9.17, 15) is 0 Å². The lowest BCUT2D eigenvalue weighted by molar-refractivity contribution is 0.124. The molecule has 3 rings (SSSR count). The van der Waals surface area contributed by atoms with E-state index in [0.29, 0.717) is 0 Å². The summed E-state index contributed by atoms with van der Waals surface area (Å²) in [7, 11) is 0. The van der Waals surface area contributed by atoms with Crippen LogP contribution in [0.5, 0.6) is 0 Å². The fourth-order valence-electron chi connectivity index (χ4n) is 3.35. The molecule has 1 aromatic rings. The molecule has 1 aromatic heterocycles. The van der Waals surface area contributed by atoms with Crippen LogP contribution in [-0.2, 0) is 6.42 Å². The highest BCUT2D eigenvalue weighted by atomic mass is 32.1. The van der Waals surface area contributed by atoms with E-state index in [0.717, 1.165) is 6.04 Å². The van der Waals surface area contributed by atoms with Gasteiger partial charge in [-0.3, -0.25) is 4.90 Å².